The quantitative estimate of drug-likeness (QED) is 0.0446. The molecule has 2 unspecified atom stereocenters. The molecule has 0 aromatic rings. The minimum absolute atomic E-state index is 0.0689. The Morgan fingerprint density at radius 1 is 0.479 bits per heavy atom. The standard InChI is InChI=1S/C44H87NO3/c1-3-5-7-9-10-11-12-13-14-15-16-17-18-19-20-21-22-23-24-25-26-27-28-29-30-31-32-33-34-35-36-38-40-44(48)45-42(41-46)43(47)39-37-8-6-4-2/h37,39,42-43,46-47H,3-36,38,40-41H2,1-2H3,(H,45,48)/b39-37+. The zero-order chi connectivity index (χ0) is 35.0. The number of carbonyl (C=O) groups is 1. The summed E-state index contributed by atoms with van der Waals surface area (Å²) in [6.07, 6.45) is 51.1. The molecule has 4 nitrogen and oxygen atoms in total. The highest BCUT2D eigenvalue weighted by molar-refractivity contribution is 5.76. The second-order valence-corrected chi connectivity index (χ2v) is 15.1. The fourth-order valence-corrected chi connectivity index (χ4v) is 6.87. The molecule has 0 aromatic heterocycles. The van der Waals surface area contributed by atoms with Crippen LogP contribution in [0.5, 0.6) is 0 Å². The van der Waals surface area contributed by atoms with E-state index in [-0.39, 0.29) is 12.5 Å². The Balaban J connectivity index is 3.27. The Hall–Kier alpha value is -0.870. The number of nitrogens with one attached hydrogen (secondary N) is 1. The zero-order valence-corrected chi connectivity index (χ0v) is 32.8. The summed E-state index contributed by atoms with van der Waals surface area (Å²) in [6, 6.07) is -0.612. The number of allylic oxidation sites excluding steroid dienone is 1. The van der Waals surface area contributed by atoms with E-state index in [1.807, 2.05) is 6.08 Å². The third-order valence-corrected chi connectivity index (χ3v) is 10.3. The van der Waals surface area contributed by atoms with Gasteiger partial charge in [-0.1, -0.05) is 238 Å². The Morgan fingerprint density at radius 3 is 1.06 bits per heavy atom. The summed E-state index contributed by atoms with van der Waals surface area (Å²) < 4.78 is 0. The molecule has 1 amide bonds. The van der Waals surface area contributed by atoms with Gasteiger partial charge in [-0.05, 0) is 12.8 Å². The fraction of sp³-hybridized carbons (Fsp3) is 0.932. The van der Waals surface area contributed by atoms with Crippen molar-refractivity contribution in [1.29, 1.82) is 0 Å². The van der Waals surface area contributed by atoms with E-state index in [1.165, 1.54) is 193 Å². The van der Waals surface area contributed by atoms with E-state index in [4.69, 9.17) is 0 Å². The van der Waals surface area contributed by atoms with Gasteiger partial charge in [0.1, 0.15) is 0 Å². The van der Waals surface area contributed by atoms with Crippen molar-refractivity contribution in [2.45, 2.75) is 257 Å². The number of unbranched alkanes of at least 4 members (excludes halogenated alkanes) is 33. The lowest BCUT2D eigenvalue weighted by atomic mass is 10.0. The number of carbonyl (C=O) groups excluding carboxylic acids is 1. The van der Waals surface area contributed by atoms with Crippen LogP contribution in [0.15, 0.2) is 12.2 Å². The van der Waals surface area contributed by atoms with Gasteiger partial charge in [-0.3, -0.25) is 4.79 Å². The van der Waals surface area contributed by atoms with Gasteiger partial charge in [0.15, 0.2) is 0 Å². The molecule has 48 heavy (non-hydrogen) atoms. The summed E-state index contributed by atoms with van der Waals surface area (Å²) in [5.41, 5.74) is 0. The largest absolute Gasteiger partial charge is 0.394 e. The van der Waals surface area contributed by atoms with Crippen LogP contribution in [0.2, 0.25) is 0 Å². The summed E-state index contributed by atoms with van der Waals surface area (Å²) in [5.74, 6) is -0.0689. The van der Waals surface area contributed by atoms with Gasteiger partial charge >= 0.3 is 0 Å². The smallest absolute Gasteiger partial charge is 0.220 e. The lowest BCUT2D eigenvalue weighted by Gasteiger charge is -2.19. The third-order valence-electron chi connectivity index (χ3n) is 10.3. The Kier molecular flexibility index (Phi) is 39.8. The molecule has 0 aliphatic heterocycles. The maximum Gasteiger partial charge on any atom is 0.220 e. The molecule has 0 radical (unpaired) electrons. The number of aliphatic hydroxyl groups is 2. The van der Waals surface area contributed by atoms with Crippen LogP contribution in [-0.2, 0) is 4.79 Å². The molecular weight excluding hydrogens is 590 g/mol. The molecule has 0 saturated carbocycles. The molecule has 0 fully saturated rings. The predicted molar refractivity (Wildman–Crippen MR) is 212 cm³/mol. The first-order valence-corrected chi connectivity index (χ1v) is 21.9. The molecule has 3 N–H and O–H groups in total. The van der Waals surface area contributed by atoms with E-state index in [2.05, 4.69) is 19.2 Å². The van der Waals surface area contributed by atoms with Gasteiger partial charge in [0.2, 0.25) is 5.91 Å². The molecule has 0 aliphatic rings. The van der Waals surface area contributed by atoms with Gasteiger partial charge in [-0.25, -0.2) is 0 Å². The molecule has 4 heteroatoms. The van der Waals surface area contributed by atoms with Crippen LogP contribution in [0.3, 0.4) is 0 Å². The van der Waals surface area contributed by atoms with E-state index in [0.717, 1.165) is 32.1 Å². The number of amides is 1. The van der Waals surface area contributed by atoms with Crippen molar-refractivity contribution in [3.05, 3.63) is 12.2 Å². The van der Waals surface area contributed by atoms with E-state index in [0.29, 0.717) is 6.42 Å². The summed E-state index contributed by atoms with van der Waals surface area (Å²) in [6.45, 7) is 4.19. The van der Waals surface area contributed by atoms with Crippen molar-refractivity contribution in [2.75, 3.05) is 6.61 Å². The van der Waals surface area contributed by atoms with E-state index >= 15 is 0 Å². The van der Waals surface area contributed by atoms with E-state index in [9.17, 15) is 15.0 Å². The number of hydrogen-bond donors (Lipinski definition) is 3. The molecule has 0 rings (SSSR count). The van der Waals surface area contributed by atoms with E-state index in [1.54, 1.807) is 6.08 Å². The van der Waals surface area contributed by atoms with Gasteiger partial charge in [-0.15, -0.1) is 0 Å². The zero-order valence-electron chi connectivity index (χ0n) is 32.8. The molecule has 0 aromatic carbocycles. The molecule has 0 heterocycles. The molecular formula is C44H87NO3. The highest BCUT2D eigenvalue weighted by atomic mass is 16.3. The molecule has 0 aliphatic carbocycles. The maximum atomic E-state index is 12.2. The van der Waals surface area contributed by atoms with Crippen LogP contribution in [0, 0.1) is 0 Å². The lowest BCUT2D eigenvalue weighted by molar-refractivity contribution is -0.123. The second-order valence-electron chi connectivity index (χ2n) is 15.1. The first kappa shape index (κ1) is 47.1. The van der Waals surface area contributed by atoms with Crippen LogP contribution in [0.4, 0.5) is 0 Å². The van der Waals surface area contributed by atoms with Crippen molar-refractivity contribution < 1.29 is 15.0 Å². The maximum absolute atomic E-state index is 12.2. The summed E-state index contributed by atoms with van der Waals surface area (Å²) >= 11 is 0. The van der Waals surface area contributed by atoms with Crippen LogP contribution in [0.25, 0.3) is 0 Å². The van der Waals surface area contributed by atoms with Gasteiger partial charge in [0.25, 0.3) is 0 Å². The second kappa shape index (κ2) is 40.6. The van der Waals surface area contributed by atoms with Crippen molar-refractivity contribution in [3.8, 4) is 0 Å². The van der Waals surface area contributed by atoms with Crippen LogP contribution in [-0.4, -0.2) is 34.9 Å². The highest BCUT2D eigenvalue weighted by Gasteiger charge is 2.17. The average molecular weight is 678 g/mol. The topological polar surface area (TPSA) is 69.6 Å². The number of rotatable bonds is 40. The SMILES string of the molecule is CCCC/C=C/C(O)C(CO)NC(=O)CCCCCCCCCCCCCCCCCCCCCCCCCCCCCCCCCC. The number of hydrogen-bond acceptors (Lipinski definition) is 3. The van der Waals surface area contributed by atoms with Gasteiger partial charge in [0.05, 0.1) is 18.8 Å². The minimum atomic E-state index is -0.830. The van der Waals surface area contributed by atoms with Gasteiger partial charge in [0, 0.05) is 6.42 Å². The van der Waals surface area contributed by atoms with Crippen molar-refractivity contribution in [3.63, 3.8) is 0 Å². The average Bonchev–Trinajstić information content (AvgIpc) is 3.09. The highest BCUT2D eigenvalue weighted by Crippen LogP contribution is 2.17. The Labute approximate surface area is 301 Å². The van der Waals surface area contributed by atoms with Crippen LogP contribution in [0.1, 0.15) is 245 Å². The fourth-order valence-electron chi connectivity index (χ4n) is 6.87. The summed E-state index contributed by atoms with van der Waals surface area (Å²) in [7, 11) is 0. The van der Waals surface area contributed by atoms with Crippen LogP contribution >= 0.6 is 0 Å². The predicted octanol–water partition coefficient (Wildman–Crippen LogP) is 13.5. The van der Waals surface area contributed by atoms with E-state index < -0.39 is 12.1 Å². The normalized spacial score (nSPS) is 13.0. The van der Waals surface area contributed by atoms with Crippen LogP contribution < -0.4 is 5.32 Å². The van der Waals surface area contributed by atoms with Gasteiger partial charge in [-0.2, -0.15) is 0 Å². The first-order valence-electron chi connectivity index (χ1n) is 21.9. The molecule has 0 saturated heterocycles. The minimum Gasteiger partial charge on any atom is -0.394 e. The monoisotopic (exact) mass is 678 g/mol. The first-order chi connectivity index (χ1) is 23.7. The molecule has 0 bridgehead atoms. The molecule has 0 spiro atoms. The van der Waals surface area contributed by atoms with Gasteiger partial charge < -0.3 is 15.5 Å². The third kappa shape index (κ3) is 36.4. The molecule has 2 atom stereocenters. The molecule has 286 valence electrons. The lowest BCUT2D eigenvalue weighted by Crippen LogP contribution is -2.45. The van der Waals surface area contributed by atoms with Crippen molar-refractivity contribution >= 4 is 5.91 Å². The summed E-state index contributed by atoms with van der Waals surface area (Å²) in [5, 5.41) is 22.5. The Morgan fingerprint density at radius 2 is 0.771 bits per heavy atom. The number of aliphatic hydroxyl groups excluding tert-OH is 2. The van der Waals surface area contributed by atoms with Crippen molar-refractivity contribution in [1.82, 2.24) is 5.32 Å². The Bertz CT molecular complexity index is 651. The summed E-state index contributed by atoms with van der Waals surface area (Å²) in [4.78, 5) is 12.2. The van der Waals surface area contributed by atoms with Crippen molar-refractivity contribution in [2.24, 2.45) is 0 Å².